The summed E-state index contributed by atoms with van der Waals surface area (Å²) in [6, 6.07) is 4.68. The number of nitrogens with zero attached hydrogens (tertiary/aromatic N) is 1. The molecule has 0 radical (unpaired) electrons. The summed E-state index contributed by atoms with van der Waals surface area (Å²) in [6.07, 6.45) is 2.53. The lowest BCUT2D eigenvalue weighted by Gasteiger charge is -2.31. The minimum absolute atomic E-state index is 0. The van der Waals surface area contributed by atoms with Crippen LogP contribution in [0.25, 0.3) is 0 Å². The molecule has 1 aliphatic heterocycles. The second-order valence-electron chi connectivity index (χ2n) is 5.82. The molecular weight excluding hydrogens is 256 g/mol. The summed E-state index contributed by atoms with van der Waals surface area (Å²) in [5, 5.41) is 0. The van der Waals surface area contributed by atoms with Crippen LogP contribution in [0.15, 0.2) is 12.1 Å². The van der Waals surface area contributed by atoms with E-state index in [1.807, 2.05) is 0 Å². The third kappa shape index (κ3) is 4.20. The minimum atomic E-state index is 0. The van der Waals surface area contributed by atoms with Gasteiger partial charge in [0.25, 0.3) is 0 Å². The summed E-state index contributed by atoms with van der Waals surface area (Å²) in [7, 11) is 0. The zero-order valence-corrected chi connectivity index (χ0v) is 13.2. The van der Waals surface area contributed by atoms with Gasteiger partial charge in [0.15, 0.2) is 0 Å². The summed E-state index contributed by atoms with van der Waals surface area (Å²) in [5.74, 6) is 0.752. The molecule has 2 nitrogen and oxygen atoms in total. The first kappa shape index (κ1) is 16.5. The maximum Gasteiger partial charge on any atom is 0.0236 e. The van der Waals surface area contributed by atoms with Crippen molar-refractivity contribution in [3.05, 3.63) is 34.4 Å². The van der Waals surface area contributed by atoms with E-state index in [1.54, 1.807) is 0 Å². The van der Waals surface area contributed by atoms with Gasteiger partial charge < -0.3 is 5.73 Å². The van der Waals surface area contributed by atoms with Crippen molar-refractivity contribution in [2.24, 2.45) is 11.7 Å². The predicted octanol–water partition coefficient (Wildman–Crippen LogP) is 3.20. The molecule has 1 aromatic rings. The molecule has 19 heavy (non-hydrogen) atoms. The van der Waals surface area contributed by atoms with Crippen LogP contribution in [0.2, 0.25) is 0 Å². The van der Waals surface area contributed by atoms with E-state index in [0.29, 0.717) is 0 Å². The SMILES string of the molecule is Cc1cc(C)c(CN2CCC(CN)CC2)cc1C.Cl. The number of nitrogens with two attached hydrogens (primary N) is 1. The Balaban J connectivity index is 0.00000180. The Hall–Kier alpha value is -0.570. The Kier molecular flexibility index (Phi) is 6.31. The van der Waals surface area contributed by atoms with E-state index in [4.69, 9.17) is 5.73 Å². The fourth-order valence-corrected chi connectivity index (χ4v) is 2.81. The molecule has 1 saturated heterocycles. The topological polar surface area (TPSA) is 29.3 Å². The van der Waals surface area contributed by atoms with Crippen molar-refractivity contribution >= 4 is 12.4 Å². The third-order valence-corrected chi connectivity index (χ3v) is 4.39. The lowest BCUT2D eigenvalue weighted by molar-refractivity contribution is 0.180. The van der Waals surface area contributed by atoms with E-state index in [0.717, 1.165) is 19.0 Å². The van der Waals surface area contributed by atoms with Gasteiger partial charge in [-0.15, -0.1) is 12.4 Å². The van der Waals surface area contributed by atoms with Crippen molar-refractivity contribution in [3.63, 3.8) is 0 Å². The molecule has 0 aliphatic carbocycles. The summed E-state index contributed by atoms with van der Waals surface area (Å²) in [6.45, 7) is 11.0. The Morgan fingerprint density at radius 1 is 1.05 bits per heavy atom. The average molecular weight is 283 g/mol. The highest BCUT2D eigenvalue weighted by molar-refractivity contribution is 5.85. The van der Waals surface area contributed by atoms with Crippen molar-refractivity contribution in [1.82, 2.24) is 4.90 Å². The van der Waals surface area contributed by atoms with Gasteiger partial charge in [0.1, 0.15) is 0 Å². The van der Waals surface area contributed by atoms with Gasteiger partial charge in [0, 0.05) is 6.54 Å². The molecule has 2 N–H and O–H groups in total. The average Bonchev–Trinajstić information content (AvgIpc) is 2.37. The Labute approximate surface area is 123 Å². The standard InChI is InChI=1S/C16H26N2.ClH/c1-12-8-14(3)16(9-13(12)2)11-18-6-4-15(10-17)5-7-18;/h8-9,15H,4-7,10-11,17H2,1-3H3;1H. The van der Waals surface area contributed by atoms with Crippen molar-refractivity contribution < 1.29 is 0 Å². The first-order valence-corrected chi connectivity index (χ1v) is 7.09. The molecule has 0 atom stereocenters. The van der Waals surface area contributed by atoms with Gasteiger partial charge >= 0.3 is 0 Å². The highest BCUT2D eigenvalue weighted by Crippen LogP contribution is 2.21. The molecule has 108 valence electrons. The molecule has 1 aliphatic rings. The molecular formula is C16H27ClN2. The van der Waals surface area contributed by atoms with E-state index in [9.17, 15) is 0 Å². The lowest BCUT2D eigenvalue weighted by atomic mass is 9.95. The minimum Gasteiger partial charge on any atom is -0.330 e. The second-order valence-corrected chi connectivity index (χ2v) is 5.82. The van der Waals surface area contributed by atoms with Crippen LogP contribution in [0.3, 0.4) is 0 Å². The van der Waals surface area contributed by atoms with Crippen LogP contribution in [0.4, 0.5) is 0 Å². The van der Waals surface area contributed by atoms with E-state index in [2.05, 4.69) is 37.8 Å². The molecule has 2 rings (SSSR count). The molecule has 1 fully saturated rings. The van der Waals surface area contributed by atoms with E-state index in [-0.39, 0.29) is 12.4 Å². The van der Waals surface area contributed by atoms with Crippen LogP contribution in [0.5, 0.6) is 0 Å². The number of rotatable bonds is 3. The number of piperidine rings is 1. The maximum atomic E-state index is 5.74. The quantitative estimate of drug-likeness (QED) is 0.922. The van der Waals surface area contributed by atoms with Crippen molar-refractivity contribution in [2.45, 2.75) is 40.2 Å². The Morgan fingerprint density at radius 2 is 1.63 bits per heavy atom. The van der Waals surface area contributed by atoms with Crippen molar-refractivity contribution in [2.75, 3.05) is 19.6 Å². The molecule has 0 aromatic heterocycles. The summed E-state index contributed by atoms with van der Waals surface area (Å²) >= 11 is 0. The smallest absolute Gasteiger partial charge is 0.0236 e. The predicted molar refractivity (Wildman–Crippen MR) is 85.0 cm³/mol. The number of benzene rings is 1. The van der Waals surface area contributed by atoms with E-state index in [1.165, 1.54) is 48.2 Å². The van der Waals surface area contributed by atoms with Gasteiger partial charge in [0.05, 0.1) is 0 Å². The van der Waals surface area contributed by atoms with Crippen LogP contribution in [-0.2, 0) is 6.54 Å². The molecule has 0 saturated carbocycles. The fraction of sp³-hybridized carbons (Fsp3) is 0.625. The Morgan fingerprint density at radius 3 is 2.21 bits per heavy atom. The van der Waals surface area contributed by atoms with Crippen LogP contribution in [0, 0.1) is 26.7 Å². The molecule has 0 unspecified atom stereocenters. The summed E-state index contributed by atoms with van der Waals surface area (Å²) < 4.78 is 0. The van der Waals surface area contributed by atoms with Gasteiger partial charge in [-0.1, -0.05) is 12.1 Å². The van der Waals surface area contributed by atoms with Gasteiger partial charge in [0.2, 0.25) is 0 Å². The summed E-state index contributed by atoms with van der Waals surface area (Å²) in [5.41, 5.74) is 11.5. The highest BCUT2D eigenvalue weighted by Gasteiger charge is 2.18. The van der Waals surface area contributed by atoms with Gasteiger partial charge in [-0.3, -0.25) is 4.90 Å². The second kappa shape index (κ2) is 7.28. The first-order chi connectivity index (χ1) is 8.60. The molecule has 1 heterocycles. The van der Waals surface area contributed by atoms with Crippen molar-refractivity contribution in [3.8, 4) is 0 Å². The number of halogens is 1. The normalized spacial score (nSPS) is 17.3. The van der Waals surface area contributed by atoms with Gasteiger partial charge in [-0.2, -0.15) is 0 Å². The van der Waals surface area contributed by atoms with E-state index >= 15 is 0 Å². The first-order valence-electron chi connectivity index (χ1n) is 7.09. The number of aryl methyl sites for hydroxylation is 3. The molecule has 3 heteroatoms. The molecule has 1 aromatic carbocycles. The van der Waals surface area contributed by atoms with Crippen LogP contribution in [-0.4, -0.2) is 24.5 Å². The highest BCUT2D eigenvalue weighted by atomic mass is 35.5. The lowest BCUT2D eigenvalue weighted by Crippen LogP contribution is -2.35. The van der Waals surface area contributed by atoms with E-state index < -0.39 is 0 Å². The fourth-order valence-electron chi connectivity index (χ4n) is 2.81. The van der Waals surface area contributed by atoms with Crippen LogP contribution >= 0.6 is 12.4 Å². The van der Waals surface area contributed by atoms with Crippen LogP contribution in [0.1, 0.15) is 35.1 Å². The maximum absolute atomic E-state index is 5.74. The van der Waals surface area contributed by atoms with Crippen molar-refractivity contribution in [1.29, 1.82) is 0 Å². The summed E-state index contributed by atoms with van der Waals surface area (Å²) in [4.78, 5) is 2.57. The zero-order valence-electron chi connectivity index (χ0n) is 12.4. The zero-order chi connectivity index (χ0) is 13.1. The largest absolute Gasteiger partial charge is 0.330 e. The number of hydrogen-bond acceptors (Lipinski definition) is 2. The molecule has 0 bridgehead atoms. The third-order valence-electron chi connectivity index (χ3n) is 4.39. The van der Waals surface area contributed by atoms with Gasteiger partial charge in [-0.25, -0.2) is 0 Å². The van der Waals surface area contributed by atoms with Gasteiger partial charge in [-0.05, 0) is 81.4 Å². The Bertz CT molecular complexity index is 409. The monoisotopic (exact) mass is 282 g/mol. The molecule has 0 spiro atoms. The number of hydrogen-bond donors (Lipinski definition) is 1. The number of likely N-dealkylation sites (tertiary alicyclic amines) is 1. The molecule has 0 amide bonds. The van der Waals surface area contributed by atoms with Crippen LogP contribution < -0.4 is 5.73 Å².